The van der Waals surface area contributed by atoms with Gasteiger partial charge < -0.3 is 0 Å². The molecule has 1 aromatic carbocycles. The molecular weight excluding hydrogens is 252 g/mol. The van der Waals surface area contributed by atoms with Gasteiger partial charge in [0.1, 0.15) is 0 Å². The Hall–Kier alpha value is -1.68. The Labute approximate surface area is 118 Å². The van der Waals surface area contributed by atoms with Crippen molar-refractivity contribution >= 4 is 11.8 Å². The average molecular weight is 270 g/mol. The molecule has 1 aliphatic carbocycles. The first kappa shape index (κ1) is 12.1. The van der Waals surface area contributed by atoms with E-state index < -0.39 is 0 Å². The summed E-state index contributed by atoms with van der Waals surface area (Å²) >= 11 is 0. The number of benzene rings is 1. The predicted octanol–water partition coefficient (Wildman–Crippen LogP) is 1.51. The van der Waals surface area contributed by atoms with Crippen LogP contribution in [-0.2, 0) is 16.0 Å². The molecule has 1 unspecified atom stereocenters. The molecule has 2 amide bonds. The number of imide groups is 1. The third-order valence-corrected chi connectivity index (χ3v) is 4.89. The molecule has 0 radical (unpaired) electrons. The number of carbonyl (C=O) groups is 2. The van der Waals surface area contributed by atoms with Gasteiger partial charge in [-0.2, -0.15) is 0 Å². The van der Waals surface area contributed by atoms with Gasteiger partial charge >= 0.3 is 0 Å². The van der Waals surface area contributed by atoms with Gasteiger partial charge in [0.05, 0.1) is 6.04 Å². The zero-order chi connectivity index (χ0) is 13.7. The number of hydrogen-bond donors (Lipinski definition) is 0. The second-order valence-corrected chi connectivity index (χ2v) is 6.02. The third-order valence-electron chi connectivity index (χ3n) is 4.89. The second kappa shape index (κ2) is 4.42. The van der Waals surface area contributed by atoms with Crippen molar-refractivity contribution in [2.45, 2.75) is 37.8 Å². The number of likely N-dealkylation sites (tertiary alicyclic amines) is 2. The van der Waals surface area contributed by atoms with E-state index in [9.17, 15) is 9.59 Å². The summed E-state index contributed by atoms with van der Waals surface area (Å²) in [5, 5.41) is 0. The zero-order valence-corrected chi connectivity index (χ0v) is 11.4. The van der Waals surface area contributed by atoms with Gasteiger partial charge in [0, 0.05) is 32.0 Å². The first-order chi connectivity index (χ1) is 9.74. The molecule has 0 N–H and O–H groups in total. The molecule has 3 aliphatic rings. The molecule has 0 bridgehead atoms. The summed E-state index contributed by atoms with van der Waals surface area (Å²) in [6, 6.07) is 9.22. The van der Waals surface area contributed by atoms with E-state index >= 15 is 0 Å². The van der Waals surface area contributed by atoms with Crippen LogP contribution in [0.1, 0.15) is 36.4 Å². The van der Waals surface area contributed by atoms with Gasteiger partial charge in [-0.1, -0.05) is 24.3 Å². The standard InChI is InChI=1S/C16H18N2O2/c19-15-7-8-16(20)18(15)12-9-17(10-12)14-6-5-11-3-1-2-4-13(11)14/h1-4,12,14H,5-10H2. The monoisotopic (exact) mass is 270 g/mol. The Bertz CT molecular complexity index is 562. The Morgan fingerprint density at radius 3 is 2.40 bits per heavy atom. The van der Waals surface area contributed by atoms with E-state index in [2.05, 4.69) is 29.2 Å². The number of aryl methyl sites for hydroxylation is 1. The fraction of sp³-hybridized carbons (Fsp3) is 0.500. The fourth-order valence-corrected chi connectivity index (χ4v) is 3.82. The van der Waals surface area contributed by atoms with E-state index in [0.29, 0.717) is 18.9 Å². The van der Waals surface area contributed by atoms with Gasteiger partial charge in [0.2, 0.25) is 11.8 Å². The molecule has 0 spiro atoms. The largest absolute Gasteiger partial charge is 0.292 e. The first-order valence-corrected chi connectivity index (χ1v) is 7.41. The molecule has 20 heavy (non-hydrogen) atoms. The van der Waals surface area contributed by atoms with Crippen LogP contribution in [0.15, 0.2) is 24.3 Å². The van der Waals surface area contributed by atoms with E-state index in [1.54, 1.807) is 0 Å². The lowest BCUT2D eigenvalue weighted by Crippen LogP contribution is -2.61. The van der Waals surface area contributed by atoms with Crippen molar-refractivity contribution in [1.29, 1.82) is 0 Å². The molecular formula is C16H18N2O2. The molecule has 4 rings (SSSR count). The molecule has 2 saturated heterocycles. The van der Waals surface area contributed by atoms with Gasteiger partial charge in [0.15, 0.2) is 0 Å². The van der Waals surface area contributed by atoms with E-state index in [4.69, 9.17) is 0 Å². The Morgan fingerprint density at radius 2 is 1.65 bits per heavy atom. The van der Waals surface area contributed by atoms with Gasteiger partial charge in [-0.25, -0.2) is 0 Å². The maximum absolute atomic E-state index is 11.7. The number of hydrogen-bond acceptors (Lipinski definition) is 3. The highest BCUT2D eigenvalue weighted by molar-refractivity contribution is 6.02. The van der Waals surface area contributed by atoms with Crippen molar-refractivity contribution in [2.75, 3.05) is 13.1 Å². The molecule has 1 atom stereocenters. The number of nitrogens with zero attached hydrogens (tertiary/aromatic N) is 2. The van der Waals surface area contributed by atoms with Crippen LogP contribution < -0.4 is 0 Å². The minimum Gasteiger partial charge on any atom is -0.292 e. The molecule has 2 fully saturated rings. The predicted molar refractivity (Wildman–Crippen MR) is 74.0 cm³/mol. The van der Waals surface area contributed by atoms with Crippen LogP contribution in [0, 0.1) is 0 Å². The zero-order valence-electron chi connectivity index (χ0n) is 11.4. The summed E-state index contributed by atoms with van der Waals surface area (Å²) < 4.78 is 0. The van der Waals surface area contributed by atoms with Crippen molar-refractivity contribution in [1.82, 2.24) is 9.80 Å². The lowest BCUT2D eigenvalue weighted by atomic mass is 9.99. The highest BCUT2D eigenvalue weighted by Crippen LogP contribution is 2.39. The Kier molecular flexibility index (Phi) is 2.67. The molecule has 0 saturated carbocycles. The van der Waals surface area contributed by atoms with E-state index in [0.717, 1.165) is 25.9 Å². The van der Waals surface area contributed by atoms with Crippen LogP contribution in [0.2, 0.25) is 0 Å². The molecule has 0 aromatic heterocycles. The van der Waals surface area contributed by atoms with Crippen LogP contribution >= 0.6 is 0 Å². The van der Waals surface area contributed by atoms with E-state index in [-0.39, 0.29) is 17.9 Å². The van der Waals surface area contributed by atoms with Crippen molar-refractivity contribution in [3.63, 3.8) is 0 Å². The van der Waals surface area contributed by atoms with Crippen LogP contribution in [0.4, 0.5) is 0 Å². The lowest BCUT2D eigenvalue weighted by molar-refractivity contribution is -0.146. The van der Waals surface area contributed by atoms with E-state index in [1.807, 2.05) is 0 Å². The highest BCUT2D eigenvalue weighted by atomic mass is 16.2. The summed E-state index contributed by atoms with van der Waals surface area (Å²) in [5.41, 5.74) is 2.89. The molecule has 2 aliphatic heterocycles. The van der Waals surface area contributed by atoms with Gasteiger partial charge in [-0.15, -0.1) is 0 Å². The number of carbonyl (C=O) groups excluding carboxylic acids is 2. The Balaban J connectivity index is 1.45. The van der Waals surface area contributed by atoms with Crippen LogP contribution in [0.3, 0.4) is 0 Å². The first-order valence-electron chi connectivity index (χ1n) is 7.41. The maximum Gasteiger partial charge on any atom is 0.230 e. The fourth-order valence-electron chi connectivity index (χ4n) is 3.82. The minimum atomic E-state index is 0.0199. The summed E-state index contributed by atoms with van der Waals surface area (Å²) in [7, 11) is 0. The van der Waals surface area contributed by atoms with Gasteiger partial charge in [-0.05, 0) is 24.0 Å². The van der Waals surface area contributed by atoms with Crippen LogP contribution in [-0.4, -0.2) is 40.7 Å². The summed E-state index contributed by atoms with van der Waals surface area (Å²) in [6.45, 7) is 1.69. The van der Waals surface area contributed by atoms with Crippen molar-refractivity contribution in [2.24, 2.45) is 0 Å². The molecule has 4 nitrogen and oxygen atoms in total. The van der Waals surface area contributed by atoms with Crippen molar-refractivity contribution in [3.8, 4) is 0 Å². The SMILES string of the molecule is O=C1CCC(=O)N1C1CN(C2CCc3ccccc32)C1. The smallest absolute Gasteiger partial charge is 0.230 e. The van der Waals surface area contributed by atoms with Crippen LogP contribution in [0.25, 0.3) is 0 Å². The Morgan fingerprint density at radius 1 is 0.950 bits per heavy atom. The third kappa shape index (κ3) is 1.71. The van der Waals surface area contributed by atoms with Crippen LogP contribution in [0.5, 0.6) is 0 Å². The quantitative estimate of drug-likeness (QED) is 0.765. The molecule has 104 valence electrons. The minimum absolute atomic E-state index is 0.0199. The molecule has 4 heteroatoms. The molecule has 2 heterocycles. The van der Waals surface area contributed by atoms with Crippen molar-refractivity contribution in [3.05, 3.63) is 35.4 Å². The summed E-state index contributed by atoms with van der Waals surface area (Å²) in [4.78, 5) is 27.4. The second-order valence-electron chi connectivity index (χ2n) is 6.02. The highest BCUT2D eigenvalue weighted by Gasteiger charge is 2.44. The van der Waals surface area contributed by atoms with Gasteiger partial charge in [-0.3, -0.25) is 19.4 Å². The number of amides is 2. The summed E-state index contributed by atoms with van der Waals surface area (Å²) in [5.74, 6) is 0.0398. The maximum atomic E-state index is 11.7. The lowest BCUT2D eigenvalue weighted by Gasteiger charge is -2.46. The molecule has 1 aromatic rings. The number of rotatable bonds is 2. The van der Waals surface area contributed by atoms with E-state index in [1.165, 1.54) is 16.0 Å². The van der Waals surface area contributed by atoms with Crippen molar-refractivity contribution < 1.29 is 9.59 Å². The number of fused-ring (bicyclic) bond motifs is 1. The topological polar surface area (TPSA) is 40.6 Å². The summed E-state index contributed by atoms with van der Waals surface area (Å²) in [6.07, 6.45) is 3.11. The van der Waals surface area contributed by atoms with Gasteiger partial charge in [0.25, 0.3) is 0 Å². The normalized spacial score (nSPS) is 27.0. The average Bonchev–Trinajstić information content (AvgIpc) is 2.96.